The van der Waals surface area contributed by atoms with Crippen LogP contribution in [0.3, 0.4) is 0 Å². The van der Waals surface area contributed by atoms with Gasteiger partial charge in [0.15, 0.2) is 12.8 Å². The van der Waals surface area contributed by atoms with Crippen molar-refractivity contribution in [3.05, 3.63) is 0 Å². The maximum absolute atomic E-state index is 13.4. The van der Waals surface area contributed by atoms with Crippen LogP contribution in [-0.2, 0) is 23.1 Å². The Morgan fingerprint density at radius 3 is 2.39 bits per heavy atom. The van der Waals surface area contributed by atoms with Gasteiger partial charge in [0, 0.05) is 6.42 Å². The maximum Gasteiger partial charge on any atom is 0.341 e. The second-order valence-electron chi connectivity index (χ2n) is 3.24. The van der Waals surface area contributed by atoms with Gasteiger partial charge in [-0.2, -0.15) is 0 Å². The molecule has 0 radical (unpaired) electrons. The van der Waals surface area contributed by atoms with Gasteiger partial charge in [0.25, 0.3) is 0 Å². The summed E-state index contributed by atoms with van der Waals surface area (Å²) in [5.41, 5.74) is 0. The molecule has 0 bridgehead atoms. The van der Waals surface area contributed by atoms with Crippen LogP contribution >= 0.6 is 7.60 Å². The molecule has 0 aliphatic carbocycles. The van der Waals surface area contributed by atoms with Crippen molar-refractivity contribution in [3.8, 4) is 12.3 Å². The van der Waals surface area contributed by atoms with Crippen LogP contribution in [0.25, 0.3) is 0 Å². The van der Waals surface area contributed by atoms with E-state index >= 15 is 0 Å². The first-order valence-corrected chi connectivity index (χ1v) is 7.34. The van der Waals surface area contributed by atoms with Crippen LogP contribution in [0.15, 0.2) is 0 Å². The molecule has 18 heavy (non-hydrogen) atoms. The molecule has 5 nitrogen and oxygen atoms in total. The van der Waals surface area contributed by atoms with E-state index in [4.69, 9.17) is 15.5 Å². The molecular weight excluding hydrogens is 262 g/mol. The molecule has 0 saturated heterocycles. The van der Waals surface area contributed by atoms with E-state index in [9.17, 15) is 13.8 Å². The largest absolute Gasteiger partial charge is 0.450 e. The Bertz CT molecular complexity index is 329. The molecule has 7 heteroatoms. The summed E-state index contributed by atoms with van der Waals surface area (Å²) in [5, 5.41) is 0. The molecule has 0 amide bonds. The van der Waals surface area contributed by atoms with Gasteiger partial charge < -0.3 is 13.8 Å². The summed E-state index contributed by atoms with van der Waals surface area (Å²) in [5.74, 6) is 0.990. The number of halogens is 1. The quantitative estimate of drug-likeness (QED) is 0.368. The Morgan fingerprint density at radius 1 is 1.39 bits per heavy atom. The fraction of sp³-hybridized carbons (Fsp3) is 0.727. The summed E-state index contributed by atoms with van der Waals surface area (Å²) in [7, 11) is -3.33. The highest BCUT2D eigenvalue weighted by Gasteiger charge is 2.28. The van der Waals surface area contributed by atoms with Gasteiger partial charge in [0.2, 0.25) is 0 Å². The molecule has 0 aromatic carbocycles. The van der Waals surface area contributed by atoms with Crippen molar-refractivity contribution < 1.29 is 27.5 Å². The molecule has 0 aromatic heterocycles. The number of esters is 1. The molecule has 104 valence electrons. The molecule has 0 spiro atoms. The van der Waals surface area contributed by atoms with Crippen LogP contribution in [-0.4, -0.2) is 38.1 Å². The Labute approximate surface area is 107 Å². The number of alkyl halides is 1. The number of carbonyl (C=O) groups is 1. The minimum absolute atomic E-state index is 0.180. The van der Waals surface area contributed by atoms with Gasteiger partial charge in [0.05, 0.1) is 19.4 Å². The zero-order chi connectivity index (χ0) is 14.0. The van der Waals surface area contributed by atoms with Crippen molar-refractivity contribution in [2.45, 2.75) is 26.4 Å². The predicted octanol–water partition coefficient (Wildman–Crippen LogP) is 2.16. The average Bonchev–Trinajstić information content (AvgIpc) is 2.33. The second kappa shape index (κ2) is 9.09. The Kier molecular flexibility index (Phi) is 8.65. The van der Waals surface area contributed by atoms with E-state index in [2.05, 4.69) is 10.7 Å². The summed E-state index contributed by atoms with van der Waals surface area (Å²) in [4.78, 5) is 11.1. The highest BCUT2D eigenvalue weighted by molar-refractivity contribution is 7.53. The minimum Gasteiger partial charge on any atom is -0.450 e. The number of hydrogen-bond donors (Lipinski definition) is 0. The topological polar surface area (TPSA) is 61.8 Å². The van der Waals surface area contributed by atoms with Gasteiger partial charge in [-0.05, 0) is 13.8 Å². The van der Waals surface area contributed by atoms with E-state index in [-0.39, 0.29) is 32.4 Å². The lowest BCUT2D eigenvalue weighted by molar-refractivity contribution is -0.148. The van der Waals surface area contributed by atoms with Crippen molar-refractivity contribution in [2.75, 3.05) is 26.0 Å². The summed E-state index contributed by atoms with van der Waals surface area (Å²) < 4.78 is 39.7. The SMILES string of the molecule is C#CCOC(=O)C(F)CCP(=O)(OCC)OCC. The lowest BCUT2D eigenvalue weighted by Crippen LogP contribution is -2.20. The van der Waals surface area contributed by atoms with Crippen LogP contribution in [0.5, 0.6) is 0 Å². The number of hydrogen-bond acceptors (Lipinski definition) is 5. The normalized spacial score (nSPS) is 12.8. The smallest absolute Gasteiger partial charge is 0.341 e. The van der Waals surface area contributed by atoms with E-state index < -0.39 is 19.7 Å². The molecule has 0 rings (SSSR count). The van der Waals surface area contributed by atoms with Crippen molar-refractivity contribution in [1.82, 2.24) is 0 Å². The molecule has 0 N–H and O–H groups in total. The van der Waals surface area contributed by atoms with Crippen molar-refractivity contribution in [2.24, 2.45) is 0 Å². The van der Waals surface area contributed by atoms with Gasteiger partial charge in [-0.15, -0.1) is 6.42 Å². The fourth-order valence-electron chi connectivity index (χ4n) is 1.15. The second-order valence-corrected chi connectivity index (χ2v) is 5.42. The third-order valence-electron chi connectivity index (χ3n) is 1.86. The standard InChI is InChI=1S/C11H18FO5P/c1-4-8-15-11(13)10(12)7-9-18(14,16-5-2)17-6-3/h1,10H,5-9H2,2-3H3. The highest BCUT2D eigenvalue weighted by atomic mass is 31.2. The molecule has 0 fully saturated rings. The van der Waals surface area contributed by atoms with Gasteiger partial charge in [-0.1, -0.05) is 5.92 Å². The van der Waals surface area contributed by atoms with E-state index in [0.29, 0.717) is 0 Å². The first kappa shape index (κ1) is 17.1. The summed E-state index contributed by atoms with van der Waals surface area (Å²) >= 11 is 0. The summed E-state index contributed by atoms with van der Waals surface area (Å²) in [6.45, 7) is 3.40. The van der Waals surface area contributed by atoms with Crippen LogP contribution < -0.4 is 0 Å². The van der Waals surface area contributed by atoms with Crippen LogP contribution in [0.4, 0.5) is 4.39 Å². The lowest BCUT2D eigenvalue weighted by Gasteiger charge is -2.17. The Balaban J connectivity index is 4.22. The molecular formula is C11H18FO5P. The third kappa shape index (κ3) is 6.75. The zero-order valence-corrected chi connectivity index (χ0v) is 11.5. The Hall–Kier alpha value is -0.890. The number of ether oxygens (including phenoxy) is 1. The van der Waals surface area contributed by atoms with Crippen LogP contribution in [0.2, 0.25) is 0 Å². The number of carbonyl (C=O) groups excluding carboxylic acids is 1. The number of terminal acetylenes is 1. The van der Waals surface area contributed by atoms with Crippen molar-refractivity contribution >= 4 is 13.6 Å². The van der Waals surface area contributed by atoms with E-state index in [1.54, 1.807) is 13.8 Å². The molecule has 1 unspecified atom stereocenters. The zero-order valence-electron chi connectivity index (χ0n) is 10.6. The number of rotatable bonds is 9. The van der Waals surface area contributed by atoms with Gasteiger partial charge in [-0.25, -0.2) is 9.18 Å². The highest BCUT2D eigenvalue weighted by Crippen LogP contribution is 2.48. The molecule has 0 saturated carbocycles. The van der Waals surface area contributed by atoms with Crippen LogP contribution in [0, 0.1) is 12.3 Å². The molecule has 0 aliphatic heterocycles. The van der Waals surface area contributed by atoms with Gasteiger partial charge in [-0.3, -0.25) is 4.57 Å². The van der Waals surface area contributed by atoms with E-state index in [1.807, 2.05) is 0 Å². The third-order valence-corrected chi connectivity index (χ3v) is 3.97. The molecule has 1 atom stereocenters. The average molecular weight is 280 g/mol. The summed E-state index contributed by atoms with van der Waals surface area (Å²) in [6, 6.07) is 0. The minimum atomic E-state index is -3.33. The first-order valence-electron chi connectivity index (χ1n) is 5.61. The predicted molar refractivity (Wildman–Crippen MR) is 65.0 cm³/mol. The molecule has 0 aromatic rings. The van der Waals surface area contributed by atoms with Crippen molar-refractivity contribution in [1.29, 1.82) is 0 Å². The maximum atomic E-state index is 13.4. The van der Waals surface area contributed by atoms with Crippen molar-refractivity contribution in [3.63, 3.8) is 0 Å². The fourth-order valence-corrected chi connectivity index (χ4v) is 2.81. The van der Waals surface area contributed by atoms with E-state index in [1.165, 1.54) is 0 Å². The lowest BCUT2D eigenvalue weighted by atomic mass is 10.3. The first-order chi connectivity index (χ1) is 8.49. The van der Waals surface area contributed by atoms with Crippen LogP contribution in [0.1, 0.15) is 20.3 Å². The van der Waals surface area contributed by atoms with Gasteiger partial charge >= 0.3 is 13.6 Å². The summed E-state index contributed by atoms with van der Waals surface area (Å²) in [6.07, 6.45) is 2.51. The Morgan fingerprint density at radius 2 is 1.94 bits per heavy atom. The van der Waals surface area contributed by atoms with Gasteiger partial charge in [0.1, 0.15) is 0 Å². The molecule has 0 aliphatic rings. The van der Waals surface area contributed by atoms with E-state index in [0.717, 1.165) is 0 Å². The molecule has 0 heterocycles. The monoisotopic (exact) mass is 280 g/mol.